The maximum Gasteiger partial charge on any atom is 0.353 e. The number of fused-ring (bicyclic) bond motifs is 1. The molecule has 27 heavy (non-hydrogen) atoms. The molecule has 0 aromatic heterocycles. The smallest absolute Gasteiger partial charge is 0.353 e. The van der Waals surface area contributed by atoms with Gasteiger partial charge in [0.1, 0.15) is 11.5 Å². The number of rotatable bonds is 4. The van der Waals surface area contributed by atoms with Gasteiger partial charge in [0.25, 0.3) is 0 Å². The van der Waals surface area contributed by atoms with Crippen LogP contribution in [0.1, 0.15) is 26.3 Å². The van der Waals surface area contributed by atoms with Gasteiger partial charge in [0.2, 0.25) is 0 Å². The van der Waals surface area contributed by atoms with Crippen LogP contribution in [0.25, 0.3) is 0 Å². The van der Waals surface area contributed by atoms with Crippen LogP contribution in [0.2, 0.25) is 5.02 Å². The molecule has 8 heteroatoms. The summed E-state index contributed by atoms with van der Waals surface area (Å²) in [5.74, 6) is -1.48. The molecule has 0 bridgehead atoms. The highest BCUT2D eigenvalue weighted by atomic mass is 35.5. The molecule has 1 heterocycles. The Hall–Kier alpha value is -3.06. The van der Waals surface area contributed by atoms with Gasteiger partial charge in [-0.25, -0.2) is 14.4 Å². The molecule has 0 saturated heterocycles. The van der Waals surface area contributed by atoms with Gasteiger partial charge in [-0.05, 0) is 42.0 Å². The SMILES string of the molecule is COC(=O)c1cc(OC(=O)C2Cc3cc(Cl)ccc3O2)cc(C(=O)OC)c1. The molecule has 2 aromatic carbocycles. The number of benzene rings is 2. The molecule has 0 radical (unpaired) electrons. The lowest BCUT2D eigenvalue weighted by molar-refractivity contribution is -0.141. The summed E-state index contributed by atoms with van der Waals surface area (Å²) in [6.07, 6.45) is -0.559. The van der Waals surface area contributed by atoms with Crippen molar-refractivity contribution in [3.8, 4) is 11.5 Å². The Balaban J connectivity index is 1.81. The molecule has 7 nitrogen and oxygen atoms in total. The van der Waals surface area contributed by atoms with Gasteiger partial charge in [0.05, 0.1) is 25.3 Å². The predicted octanol–water partition coefficient (Wildman–Crippen LogP) is 2.82. The maximum atomic E-state index is 12.5. The fourth-order valence-electron chi connectivity index (χ4n) is 2.66. The third-order valence-corrected chi connectivity index (χ3v) is 4.16. The molecule has 140 valence electrons. The number of esters is 3. The van der Waals surface area contributed by atoms with Crippen molar-refractivity contribution < 1.29 is 33.3 Å². The zero-order valence-corrected chi connectivity index (χ0v) is 15.2. The van der Waals surface area contributed by atoms with E-state index in [0.717, 1.165) is 5.56 Å². The van der Waals surface area contributed by atoms with E-state index in [1.807, 2.05) is 0 Å². The van der Waals surface area contributed by atoms with Crippen LogP contribution in [-0.2, 0) is 20.7 Å². The van der Waals surface area contributed by atoms with E-state index in [4.69, 9.17) is 21.1 Å². The molecule has 1 aliphatic heterocycles. The monoisotopic (exact) mass is 390 g/mol. The van der Waals surface area contributed by atoms with Crippen LogP contribution in [-0.4, -0.2) is 38.2 Å². The maximum absolute atomic E-state index is 12.5. The van der Waals surface area contributed by atoms with Gasteiger partial charge in [-0.1, -0.05) is 11.6 Å². The second kappa shape index (κ2) is 7.67. The molecule has 0 fully saturated rings. The highest BCUT2D eigenvalue weighted by Gasteiger charge is 2.31. The molecular formula is C19H15ClO7. The van der Waals surface area contributed by atoms with Gasteiger partial charge in [0.15, 0.2) is 6.10 Å². The quantitative estimate of drug-likeness (QED) is 0.585. The Morgan fingerprint density at radius 1 is 1.00 bits per heavy atom. The molecule has 0 N–H and O–H groups in total. The minimum Gasteiger partial charge on any atom is -0.478 e. The summed E-state index contributed by atoms with van der Waals surface area (Å²) >= 11 is 5.94. The highest BCUT2D eigenvalue weighted by molar-refractivity contribution is 6.30. The van der Waals surface area contributed by atoms with Crippen LogP contribution >= 0.6 is 11.6 Å². The van der Waals surface area contributed by atoms with E-state index >= 15 is 0 Å². The zero-order valence-electron chi connectivity index (χ0n) is 14.5. The zero-order chi connectivity index (χ0) is 19.6. The average Bonchev–Trinajstić information content (AvgIpc) is 3.09. The molecular weight excluding hydrogens is 376 g/mol. The topological polar surface area (TPSA) is 88.1 Å². The summed E-state index contributed by atoms with van der Waals surface area (Å²) in [6.45, 7) is 0. The summed E-state index contributed by atoms with van der Waals surface area (Å²) in [4.78, 5) is 36.1. The molecule has 2 aromatic rings. The van der Waals surface area contributed by atoms with Crippen LogP contribution in [0, 0.1) is 0 Å². The van der Waals surface area contributed by atoms with Crippen molar-refractivity contribution in [2.24, 2.45) is 0 Å². The second-order valence-electron chi connectivity index (χ2n) is 5.71. The molecule has 0 spiro atoms. The largest absolute Gasteiger partial charge is 0.478 e. The number of methoxy groups -OCH3 is 2. The number of carbonyl (C=O) groups is 3. The highest BCUT2D eigenvalue weighted by Crippen LogP contribution is 2.32. The van der Waals surface area contributed by atoms with Crippen molar-refractivity contribution >= 4 is 29.5 Å². The molecule has 0 amide bonds. The van der Waals surface area contributed by atoms with E-state index in [2.05, 4.69) is 9.47 Å². The van der Waals surface area contributed by atoms with E-state index in [1.54, 1.807) is 18.2 Å². The molecule has 0 aliphatic carbocycles. The number of hydrogen-bond acceptors (Lipinski definition) is 7. The third-order valence-electron chi connectivity index (χ3n) is 3.93. The Morgan fingerprint density at radius 2 is 1.63 bits per heavy atom. The van der Waals surface area contributed by atoms with E-state index in [-0.39, 0.29) is 16.9 Å². The van der Waals surface area contributed by atoms with Crippen molar-refractivity contribution in [1.82, 2.24) is 0 Å². The fraction of sp³-hybridized carbons (Fsp3) is 0.211. The lowest BCUT2D eigenvalue weighted by Crippen LogP contribution is -2.29. The third kappa shape index (κ3) is 4.03. The van der Waals surface area contributed by atoms with Gasteiger partial charge in [-0.3, -0.25) is 0 Å². The summed E-state index contributed by atoms with van der Waals surface area (Å²) in [6, 6.07) is 8.95. The van der Waals surface area contributed by atoms with Crippen LogP contribution < -0.4 is 9.47 Å². The first kappa shape index (κ1) is 18.7. The fourth-order valence-corrected chi connectivity index (χ4v) is 2.85. The number of halogens is 1. The molecule has 0 saturated carbocycles. The van der Waals surface area contributed by atoms with Gasteiger partial charge in [-0.15, -0.1) is 0 Å². The number of carbonyl (C=O) groups excluding carboxylic acids is 3. The van der Waals surface area contributed by atoms with Gasteiger partial charge < -0.3 is 18.9 Å². The van der Waals surface area contributed by atoms with Crippen molar-refractivity contribution in [2.45, 2.75) is 12.5 Å². The van der Waals surface area contributed by atoms with Crippen LogP contribution in [0.3, 0.4) is 0 Å². The van der Waals surface area contributed by atoms with Crippen LogP contribution in [0.4, 0.5) is 0 Å². The normalized spacial score (nSPS) is 14.7. The average molecular weight is 391 g/mol. The second-order valence-corrected chi connectivity index (χ2v) is 6.15. The summed E-state index contributed by atoms with van der Waals surface area (Å²) in [7, 11) is 2.40. The number of hydrogen-bond donors (Lipinski definition) is 0. The minimum atomic E-state index is -0.859. The number of ether oxygens (including phenoxy) is 4. The lowest BCUT2D eigenvalue weighted by atomic mass is 10.1. The molecule has 1 atom stereocenters. The predicted molar refractivity (Wildman–Crippen MR) is 94.3 cm³/mol. The van der Waals surface area contributed by atoms with Crippen molar-refractivity contribution in [1.29, 1.82) is 0 Å². The summed E-state index contributed by atoms with van der Waals surface area (Å²) in [5, 5.41) is 0.542. The molecule has 1 unspecified atom stereocenters. The Bertz CT molecular complexity index is 888. The van der Waals surface area contributed by atoms with E-state index in [0.29, 0.717) is 17.2 Å². The van der Waals surface area contributed by atoms with Gasteiger partial charge >= 0.3 is 17.9 Å². The van der Waals surface area contributed by atoms with Crippen LogP contribution in [0.15, 0.2) is 36.4 Å². The van der Waals surface area contributed by atoms with Crippen LogP contribution in [0.5, 0.6) is 11.5 Å². The Morgan fingerprint density at radius 3 is 2.22 bits per heavy atom. The van der Waals surface area contributed by atoms with Crippen molar-refractivity contribution in [2.75, 3.05) is 14.2 Å². The van der Waals surface area contributed by atoms with E-state index in [1.165, 1.54) is 32.4 Å². The summed E-state index contributed by atoms with van der Waals surface area (Å²) in [5.41, 5.74) is 0.888. The Labute approximate surface area is 159 Å². The minimum absolute atomic E-state index is 0.000823. The standard InChI is InChI=1S/C19H15ClO7/c1-24-17(21)11-5-12(18(22)25-2)8-14(7-11)26-19(23)16-9-10-6-13(20)3-4-15(10)27-16/h3-8,16H,9H2,1-2H3. The molecule has 3 rings (SSSR count). The van der Waals surface area contributed by atoms with Crippen molar-refractivity contribution in [3.05, 3.63) is 58.1 Å². The lowest BCUT2D eigenvalue weighted by Gasteiger charge is -2.12. The first-order chi connectivity index (χ1) is 12.9. The van der Waals surface area contributed by atoms with Gasteiger partial charge in [0, 0.05) is 11.4 Å². The van der Waals surface area contributed by atoms with Gasteiger partial charge in [-0.2, -0.15) is 0 Å². The Kier molecular flexibility index (Phi) is 5.32. The van der Waals surface area contributed by atoms with E-state index in [9.17, 15) is 14.4 Å². The summed E-state index contributed by atoms with van der Waals surface area (Å²) < 4.78 is 20.2. The first-order valence-electron chi connectivity index (χ1n) is 7.89. The van der Waals surface area contributed by atoms with E-state index < -0.39 is 24.0 Å². The molecule has 1 aliphatic rings. The first-order valence-corrected chi connectivity index (χ1v) is 8.27. The van der Waals surface area contributed by atoms with Crippen molar-refractivity contribution in [3.63, 3.8) is 0 Å².